The highest BCUT2D eigenvalue weighted by atomic mass is 19.4. The molecule has 1 saturated heterocycles. The van der Waals surface area contributed by atoms with Crippen molar-refractivity contribution in [2.24, 2.45) is 0 Å². The van der Waals surface area contributed by atoms with Crippen LogP contribution in [0.3, 0.4) is 0 Å². The number of carbonyl (C=O) groups excluding carboxylic acids is 1. The average molecular weight is 434 g/mol. The summed E-state index contributed by atoms with van der Waals surface area (Å²) >= 11 is 0. The van der Waals surface area contributed by atoms with E-state index in [1.807, 2.05) is 0 Å². The Balaban J connectivity index is 1.55. The first kappa shape index (κ1) is 19.5. The zero-order valence-corrected chi connectivity index (χ0v) is 15.8. The van der Waals surface area contributed by atoms with E-state index < -0.39 is 41.1 Å². The highest BCUT2D eigenvalue weighted by Crippen LogP contribution is 2.37. The molecule has 0 aliphatic carbocycles. The maximum Gasteiger partial charge on any atom is 0.419 e. The van der Waals surface area contributed by atoms with Crippen LogP contribution in [0, 0.1) is 5.82 Å². The summed E-state index contributed by atoms with van der Waals surface area (Å²) in [6, 6.07) is 1.40. The summed E-state index contributed by atoms with van der Waals surface area (Å²) < 4.78 is 61.3. The number of aromatic nitrogens is 5. The van der Waals surface area contributed by atoms with Gasteiger partial charge in [0.25, 0.3) is 5.91 Å². The molecule has 0 radical (unpaired) electrons. The van der Waals surface area contributed by atoms with Gasteiger partial charge in [0.2, 0.25) is 0 Å². The molecule has 4 heterocycles. The number of benzene rings is 1. The molecule has 2 bridgehead atoms. The van der Waals surface area contributed by atoms with Gasteiger partial charge in [-0.3, -0.25) is 9.78 Å². The van der Waals surface area contributed by atoms with E-state index in [9.17, 15) is 22.4 Å². The number of halogens is 4. The maximum atomic E-state index is 14.6. The third kappa shape index (κ3) is 3.14. The van der Waals surface area contributed by atoms with Gasteiger partial charge in [0.05, 0.1) is 36.6 Å². The number of carbonyl (C=O) groups is 1. The van der Waals surface area contributed by atoms with Gasteiger partial charge in [-0.2, -0.15) is 13.2 Å². The fraction of sp³-hybridized carbons (Fsp3) is 0.316. The fourth-order valence-corrected chi connectivity index (χ4v) is 3.99. The van der Waals surface area contributed by atoms with Crippen molar-refractivity contribution in [3.05, 3.63) is 59.6 Å². The van der Waals surface area contributed by atoms with E-state index in [1.54, 1.807) is 4.57 Å². The number of hydrogen-bond donors (Lipinski definition) is 0. The lowest BCUT2D eigenvalue weighted by atomic mass is 10.0. The molecular formula is C19H14F4N6O2. The number of ether oxygens (including phenoxy) is 1. The summed E-state index contributed by atoms with van der Waals surface area (Å²) in [7, 11) is 0. The number of rotatable bonds is 2. The lowest BCUT2D eigenvalue weighted by Gasteiger charge is -2.45. The molecule has 1 fully saturated rings. The van der Waals surface area contributed by atoms with Gasteiger partial charge in [-0.1, -0.05) is 6.07 Å². The predicted octanol–water partition coefficient (Wildman–Crippen LogP) is 2.49. The predicted molar refractivity (Wildman–Crippen MR) is 96.0 cm³/mol. The molecule has 0 N–H and O–H groups in total. The van der Waals surface area contributed by atoms with Gasteiger partial charge in [0.1, 0.15) is 17.6 Å². The van der Waals surface area contributed by atoms with Crippen LogP contribution in [0.1, 0.15) is 27.8 Å². The molecular weight excluding hydrogens is 420 g/mol. The zero-order valence-electron chi connectivity index (χ0n) is 15.8. The number of morpholine rings is 1. The van der Waals surface area contributed by atoms with Crippen molar-refractivity contribution in [2.75, 3.05) is 13.2 Å². The second kappa shape index (κ2) is 7.08. The summed E-state index contributed by atoms with van der Waals surface area (Å²) in [5.74, 6) is -1.60. The molecule has 2 aliphatic heterocycles. The summed E-state index contributed by atoms with van der Waals surface area (Å²) in [4.78, 5) is 22.8. The van der Waals surface area contributed by atoms with Crippen molar-refractivity contribution in [2.45, 2.75) is 24.8 Å². The topological polar surface area (TPSA) is 86.0 Å². The van der Waals surface area contributed by atoms with Crippen LogP contribution in [0.5, 0.6) is 0 Å². The SMILES string of the molecule is O=C(c1cccc(C(F)(F)F)c1F)N1C2COCC1c1nnc(-c3cnccn3)n1C2. The zero-order chi connectivity index (χ0) is 21.8. The van der Waals surface area contributed by atoms with E-state index in [1.165, 1.54) is 23.5 Å². The second-order valence-corrected chi connectivity index (χ2v) is 7.17. The van der Waals surface area contributed by atoms with E-state index in [2.05, 4.69) is 20.2 Å². The molecule has 2 unspecified atom stereocenters. The van der Waals surface area contributed by atoms with Crippen LogP contribution < -0.4 is 0 Å². The highest BCUT2D eigenvalue weighted by molar-refractivity contribution is 5.95. The maximum absolute atomic E-state index is 14.6. The van der Waals surface area contributed by atoms with Gasteiger partial charge in [-0.05, 0) is 12.1 Å². The van der Waals surface area contributed by atoms with Gasteiger partial charge < -0.3 is 14.2 Å². The molecule has 12 heteroatoms. The Morgan fingerprint density at radius 2 is 2.00 bits per heavy atom. The first-order valence-corrected chi connectivity index (χ1v) is 9.32. The Kier molecular flexibility index (Phi) is 4.46. The van der Waals surface area contributed by atoms with Crippen LogP contribution in [0.25, 0.3) is 11.5 Å². The first-order valence-electron chi connectivity index (χ1n) is 9.32. The quantitative estimate of drug-likeness (QED) is 0.576. The van der Waals surface area contributed by atoms with E-state index >= 15 is 0 Å². The summed E-state index contributed by atoms with van der Waals surface area (Å²) in [5.41, 5.74) is -1.64. The Morgan fingerprint density at radius 3 is 2.74 bits per heavy atom. The van der Waals surface area contributed by atoms with Crippen molar-refractivity contribution in [3.63, 3.8) is 0 Å². The molecule has 31 heavy (non-hydrogen) atoms. The van der Waals surface area contributed by atoms with Crippen LogP contribution >= 0.6 is 0 Å². The molecule has 0 spiro atoms. The molecule has 3 aromatic rings. The summed E-state index contributed by atoms with van der Waals surface area (Å²) in [6.45, 7) is 0.416. The van der Waals surface area contributed by atoms with E-state index in [-0.39, 0.29) is 19.8 Å². The molecule has 160 valence electrons. The number of nitrogens with zero attached hydrogens (tertiary/aromatic N) is 6. The monoisotopic (exact) mass is 434 g/mol. The molecule has 8 nitrogen and oxygen atoms in total. The molecule has 2 aromatic heterocycles. The van der Waals surface area contributed by atoms with E-state index in [0.717, 1.165) is 12.1 Å². The Bertz CT molecular complexity index is 1150. The minimum absolute atomic E-state index is 0.0570. The fourth-order valence-electron chi connectivity index (χ4n) is 3.99. The molecule has 1 aromatic carbocycles. The van der Waals surface area contributed by atoms with Gasteiger partial charge >= 0.3 is 6.18 Å². The van der Waals surface area contributed by atoms with Crippen molar-refractivity contribution in [3.8, 4) is 11.5 Å². The lowest BCUT2D eigenvalue weighted by molar-refractivity contribution is -0.140. The van der Waals surface area contributed by atoms with Crippen molar-refractivity contribution in [1.82, 2.24) is 29.6 Å². The Morgan fingerprint density at radius 1 is 1.16 bits per heavy atom. The minimum Gasteiger partial charge on any atom is -0.377 e. The average Bonchev–Trinajstić information content (AvgIpc) is 3.16. The smallest absolute Gasteiger partial charge is 0.377 e. The van der Waals surface area contributed by atoms with Crippen molar-refractivity contribution in [1.29, 1.82) is 0 Å². The van der Waals surface area contributed by atoms with Crippen molar-refractivity contribution < 1.29 is 27.1 Å². The van der Waals surface area contributed by atoms with E-state index in [4.69, 9.17) is 4.74 Å². The highest BCUT2D eigenvalue weighted by Gasteiger charge is 2.45. The number of hydrogen-bond acceptors (Lipinski definition) is 6. The van der Waals surface area contributed by atoms with Crippen LogP contribution in [-0.2, 0) is 17.5 Å². The molecule has 2 aliphatic rings. The van der Waals surface area contributed by atoms with Gasteiger partial charge in [-0.25, -0.2) is 9.37 Å². The molecule has 1 amide bonds. The van der Waals surface area contributed by atoms with Gasteiger partial charge in [0.15, 0.2) is 11.6 Å². The Labute approximate surface area is 172 Å². The standard InChI is InChI=1S/C19H14F4N6O2/c20-15-11(2-1-3-12(15)19(21,22)23)18(30)29-10-7-28-16(13-6-24-4-5-25-13)26-27-17(28)14(29)9-31-8-10/h1-6,10,14H,7-9H2. The largest absolute Gasteiger partial charge is 0.419 e. The van der Waals surface area contributed by atoms with Gasteiger partial charge in [-0.15, -0.1) is 10.2 Å². The van der Waals surface area contributed by atoms with Crippen LogP contribution in [-0.4, -0.2) is 54.8 Å². The third-order valence-electron chi connectivity index (χ3n) is 5.35. The van der Waals surface area contributed by atoms with Crippen LogP contribution in [0.2, 0.25) is 0 Å². The third-order valence-corrected chi connectivity index (χ3v) is 5.35. The van der Waals surface area contributed by atoms with Crippen LogP contribution in [0.15, 0.2) is 36.8 Å². The van der Waals surface area contributed by atoms with E-state index in [0.29, 0.717) is 23.4 Å². The first-order chi connectivity index (χ1) is 14.9. The summed E-state index contributed by atoms with van der Waals surface area (Å²) in [5, 5.41) is 8.31. The van der Waals surface area contributed by atoms with Gasteiger partial charge in [0, 0.05) is 18.9 Å². The molecule has 5 rings (SSSR count). The Hall–Kier alpha value is -3.41. The number of amides is 1. The molecule has 0 saturated carbocycles. The summed E-state index contributed by atoms with van der Waals surface area (Å²) in [6.07, 6.45) is -0.355. The molecule has 2 atom stereocenters. The second-order valence-electron chi connectivity index (χ2n) is 7.17. The minimum atomic E-state index is -4.91. The number of fused-ring (bicyclic) bond motifs is 4. The normalized spacial score (nSPS) is 20.5. The van der Waals surface area contributed by atoms with Crippen molar-refractivity contribution >= 4 is 5.91 Å². The number of alkyl halides is 3. The lowest BCUT2D eigenvalue weighted by Crippen LogP contribution is -2.56. The van der Waals surface area contributed by atoms with Crippen LogP contribution in [0.4, 0.5) is 17.6 Å².